The van der Waals surface area contributed by atoms with Crippen LogP contribution < -0.4 is 17.0 Å². The molecular formula is C12H17BrN6. The van der Waals surface area contributed by atoms with Crippen molar-refractivity contribution in [2.75, 3.05) is 5.73 Å². The number of anilines is 1. The smallest absolute Gasteiger partial charge is 0.138 e. The zero-order chi connectivity index (χ0) is 13.8. The highest BCUT2D eigenvalue weighted by atomic mass is 79.9. The van der Waals surface area contributed by atoms with Gasteiger partial charge in [0.1, 0.15) is 12.2 Å². The van der Waals surface area contributed by atoms with Gasteiger partial charge in [-0.15, -0.1) is 0 Å². The number of nitrogens with two attached hydrogens (primary N) is 2. The molecule has 2 rings (SSSR count). The Balaban J connectivity index is 2.27. The van der Waals surface area contributed by atoms with E-state index in [2.05, 4.69) is 31.4 Å². The highest BCUT2D eigenvalue weighted by molar-refractivity contribution is 9.10. The van der Waals surface area contributed by atoms with Gasteiger partial charge in [0.2, 0.25) is 0 Å². The maximum absolute atomic E-state index is 6.01. The molecule has 19 heavy (non-hydrogen) atoms. The van der Waals surface area contributed by atoms with Crippen LogP contribution in [0.15, 0.2) is 29.0 Å². The first-order valence-corrected chi connectivity index (χ1v) is 6.82. The van der Waals surface area contributed by atoms with Crippen molar-refractivity contribution in [1.82, 2.24) is 20.2 Å². The Bertz CT molecular complexity index is 553. The van der Waals surface area contributed by atoms with Crippen LogP contribution in [0.5, 0.6) is 0 Å². The van der Waals surface area contributed by atoms with Crippen molar-refractivity contribution in [3.63, 3.8) is 0 Å². The fourth-order valence-electron chi connectivity index (χ4n) is 2.00. The Kier molecular flexibility index (Phi) is 4.52. The molecule has 0 fully saturated rings. The van der Waals surface area contributed by atoms with Gasteiger partial charge in [-0.25, -0.2) is 4.98 Å². The molecule has 0 saturated heterocycles. The molecule has 0 aliphatic carbocycles. The molecule has 0 bridgehead atoms. The number of aryl methyl sites for hydroxylation is 1. The summed E-state index contributed by atoms with van der Waals surface area (Å²) in [5, 5.41) is 4.15. The van der Waals surface area contributed by atoms with Crippen LogP contribution in [0.2, 0.25) is 0 Å². The first-order valence-electron chi connectivity index (χ1n) is 6.03. The SMILES string of the molecule is CCn1ncnc1CC(NN)c1cc(Br)ccc1N. The summed E-state index contributed by atoms with van der Waals surface area (Å²) < 4.78 is 2.81. The van der Waals surface area contributed by atoms with Gasteiger partial charge in [-0.2, -0.15) is 5.10 Å². The lowest BCUT2D eigenvalue weighted by Gasteiger charge is -2.18. The van der Waals surface area contributed by atoms with Gasteiger partial charge in [0, 0.05) is 23.1 Å². The Hall–Kier alpha value is -1.44. The number of hydrazine groups is 1. The summed E-state index contributed by atoms with van der Waals surface area (Å²) in [4.78, 5) is 4.26. The molecule has 1 heterocycles. The molecular weight excluding hydrogens is 308 g/mol. The van der Waals surface area contributed by atoms with E-state index in [4.69, 9.17) is 11.6 Å². The minimum absolute atomic E-state index is 0.105. The Morgan fingerprint density at radius 2 is 2.26 bits per heavy atom. The Labute approximate surface area is 120 Å². The number of nitrogen functional groups attached to an aromatic ring is 1. The molecule has 0 saturated carbocycles. The van der Waals surface area contributed by atoms with E-state index in [0.717, 1.165) is 22.4 Å². The van der Waals surface area contributed by atoms with E-state index in [1.54, 1.807) is 6.33 Å². The average molecular weight is 325 g/mol. The topological polar surface area (TPSA) is 94.8 Å². The fraction of sp³-hybridized carbons (Fsp3) is 0.333. The lowest BCUT2D eigenvalue weighted by Crippen LogP contribution is -2.31. The summed E-state index contributed by atoms with van der Waals surface area (Å²) in [6.07, 6.45) is 2.18. The van der Waals surface area contributed by atoms with Crippen LogP contribution in [-0.4, -0.2) is 14.8 Å². The Morgan fingerprint density at radius 1 is 1.47 bits per heavy atom. The summed E-state index contributed by atoms with van der Waals surface area (Å²) in [5.74, 6) is 6.53. The molecule has 5 N–H and O–H groups in total. The number of nitrogens with zero attached hydrogens (tertiary/aromatic N) is 3. The Morgan fingerprint density at radius 3 is 2.95 bits per heavy atom. The van der Waals surface area contributed by atoms with E-state index in [9.17, 15) is 0 Å². The molecule has 7 heteroatoms. The van der Waals surface area contributed by atoms with Crippen LogP contribution in [0, 0.1) is 0 Å². The average Bonchev–Trinajstić information content (AvgIpc) is 2.86. The van der Waals surface area contributed by atoms with Gasteiger partial charge < -0.3 is 5.73 Å². The van der Waals surface area contributed by atoms with Gasteiger partial charge in [0.25, 0.3) is 0 Å². The van der Waals surface area contributed by atoms with Crippen molar-refractivity contribution in [3.8, 4) is 0 Å². The van der Waals surface area contributed by atoms with Crippen molar-refractivity contribution in [1.29, 1.82) is 0 Å². The van der Waals surface area contributed by atoms with E-state index in [-0.39, 0.29) is 6.04 Å². The van der Waals surface area contributed by atoms with Crippen molar-refractivity contribution in [2.24, 2.45) is 5.84 Å². The summed E-state index contributed by atoms with van der Waals surface area (Å²) in [6.45, 7) is 2.80. The van der Waals surface area contributed by atoms with Crippen LogP contribution in [0.4, 0.5) is 5.69 Å². The van der Waals surface area contributed by atoms with Gasteiger partial charge in [-0.1, -0.05) is 15.9 Å². The van der Waals surface area contributed by atoms with Crippen molar-refractivity contribution >= 4 is 21.6 Å². The van der Waals surface area contributed by atoms with Crippen LogP contribution in [-0.2, 0) is 13.0 Å². The molecule has 0 aliphatic rings. The molecule has 2 aromatic rings. The molecule has 1 atom stereocenters. The molecule has 102 valence electrons. The third-order valence-electron chi connectivity index (χ3n) is 3.01. The molecule has 1 aromatic heterocycles. The molecule has 0 aliphatic heterocycles. The van der Waals surface area contributed by atoms with E-state index < -0.39 is 0 Å². The largest absolute Gasteiger partial charge is 0.398 e. The number of hydrogen-bond acceptors (Lipinski definition) is 5. The zero-order valence-corrected chi connectivity index (χ0v) is 12.3. The number of nitrogens with one attached hydrogen (secondary N) is 1. The maximum Gasteiger partial charge on any atom is 0.138 e. The number of aromatic nitrogens is 3. The predicted molar refractivity (Wildman–Crippen MR) is 78.0 cm³/mol. The minimum Gasteiger partial charge on any atom is -0.398 e. The van der Waals surface area contributed by atoms with Gasteiger partial charge in [0.05, 0.1) is 6.04 Å². The highest BCUT2D eigenvalue weighted by Gasteiger charge is 2.17. The molecule has 1 aromatic carbocycles. The second kappa shape index (κ2) is 6.14. The van der Waals surface area contributed by atoms with Crippen molar-refractivity contribution in [3.05, 3.63) is 40.4 Å². The lowest BCUT2D eigenvalue weighted by molar-refractivity contribution is 0.511. The van der Waals surface area contributed by atoms with E-state index in [1.807, 2.05) is 29.8 Å². The minimum atomic E-state index is -0.105. The summed E-state index contributed by atoms with van der Waals surface area (Å²) in [5.41, 5.74) is 10.4. The fourth-order valence-corrected chi connectivity index (χ4v) is 2.38. The number of halogens is 1. The summed E-state index contributed by atoms with van der Waals surface area (Å²) in [6, 6.07) is 5.62. The first-order chi connectivity index (χ1) is 9.15. The summed E-state index contributed by atoms with van der Waals surface area (Å²) in [7, 11) is 0. The lowest BCUT2D eigenvalue weighted by atomic mass is 10.0. The molecule has 1 unspecified atom stereocenters. The highest BCUT2D eigenvalue weighted by Crippen LogP contribution is 2.26. The molecule has 0 amide bonds. The molecule has 0 radical (unpaired) electrons. The van der Waals surface area contributed by atoms with Gasteiger partial charge in [0.15, 0.2) is 0 Å². The molecule has 0 spiro atoms. The molecule has 6 nitrogen and oxygen atoms in total. The van der Waals surface area contributed by atoms with Crippen LogP contribution >= 0.6 is 15.9 Å². The zero-order valence-electron chi connectivity index (χ0n) is 10.7. The van der Waals surface area contributed by atoms with E-state index in [0.29, 0.717) is 12.1 Å². The summed E-state index contributed by atoms with van der Waals surface area (Å²) >= 11 is 3.44. The van der Waals surface area contributed by atoms with E-state index in [1.165, 1.54) is 0 Å². The number of benzene rings is 1. The van der Waals surface area contributed by atoms with Gasteiger partial charge in [-0.05, 0) is 30.7 Å². The van der Waals surface area contributed by atoms with Crippen LogP contribution in [0.3, 0.4) is 0 Å². The normalized spacial score (nSPS) is 12.6. The van der Waals surface area contributed by atoms with Gasteiger partial charge in [-0.3, -0.25) is 16.0 Å². The van der Waals surface area contributed by atoms with Crippen molar-refractivity contribution in [2.45, 2.75) is 25.9 Å². The van der Waals surface area contributed by atoms with Crippen LogP contribution in [0.1, 0.15) is 24.4 Å². The quantitative estimate of drug-likeness (QED) is 0.439. The number of rotatable bonds is 5. The van der Waals surface area contributed by atoms with E-state index >= 15 is 0 Å². The predicted octanol–water partition coefficient (Wildman–Crippen LogP) is 1.39. The standard InChI is InChI=1S/C12H17BrN6/c1-2-19-12(16-7-17-19)6-11(18-15)9-5-8(13)3-4-10(9)14/h3-5,7,11,18H,2,6,14-15H2,1H3. The van der Waals surface area contributed by atoms with Gasteiger partial charge >= 0.3 is 0 Å². The van der Waals surface area contributed by atoms with Crippen molar-refractivity contribution < 1.29 is 0 Å². The maximum atomic E-state index is 6.01. The second-order valence-electron chi connectivity index (χ2n) is 4.19. The first kappa shape index (κ1) is 14.0. The third-order valence-corrected chi connectivity index (χ3v) is 3.50. The van der Waals surface area contributed by atoms with Crippen LogP contribution in [0.25, 0.3) is 0 Å². The monoisotopic (exact) mass is 324 g/mol. The second-order valence-corrected chi connectivity index (χ2v) is 5.10. The third kappa shape index (κ3) is 3.12. The number of hydrogen-bond donors (Lipinski definition) is 3.